The zero-order valence-electron chi connectivity index (χ0n) is 13.9. The highest BCUT2D eigenvalue weighted by atomic mass is 16.5. The lowest BCUT2D eigenvalue weighted by Gasteiger charge is -2.20. The molecule has 0 aliphatic carbocycles. The molecular weight excluding hydrogens is 310 g/mol. The van der Waals surface area contributed by atoms with Crippen molar-refractivity contribution in [2.75, 3.05) is 12.4 Å². The summed E-state index contributed by atoms with van der Waals surface area (Å²) in [6.45, 7) is 0. The average Bonchev–Trinajstić information content (AvgIpc) is 3.11. The maximum absolute atomic E-state index is 5.29. The van der Waals surface area contributed by atoms with Crippen molar-refractivity contribution in [1.82, 2.24) is 9.97 Å². The second-order valence-electron chi connectivity index (χ2n) is 5.86. The second kappa shape index (κ2) is 6.69. The Bertz CT molecular complexity index is 961. The van der Waals surface area contributed by atoms with E-state index >= 15 is 0 Å². The highest BCUT2D eigenvalue weighted by Gasteiger charge is 2.18. The number of anilines is 1. The van der Waals surface area contributed by atoms with Gasteiger partial charge in [-0.3, -0.25) is 0 Å². The van der Waals surface area contributed by atoms with Crippen molar-refractivity contribution in [3.63, 3.8) is 0 Å². The second-order valence-corrected chi connectivity index (χ2v) is 5.86. The fourth-order valence-electron chi connectivity index (χ4n) is 3.07. The average molecular weight is 329 g/mol. The van der Waals surface area contributed by atoms with Gasteiger partial charge in [-0.1, -0.05) is 36.4 Å². The van der Waals surface area contributed by atoms with Crippen molar-refractivity contribution >= 4 is 16.7 Å². The van der Waals surface area contributed by atoms with Crippen molar-refractivity contribution in [3.8, 4) is 5.75 Å². The van der Waals surface area contributed by atoms with E-state index in [0.717, 1.165) is 22.6 Å². The number of pyridine rings is 1. The van der Waals surface area contributed by atoms with Crippen LogP contribution in [-0.4, -0.2) is 17.1 Å². The number of ether oxygens (including phenoxy) is 1. The van der Waals surface area contributed by atoms with Gasteiger partial charge >= 0.3 is 0 Å². The summed E-state index contributed by atoms with van der Waals surface area (Å²) in [4.78, 5) is 7.78. The van der Waals surface area contributed by atoms with Crippen LogP contribution >= 0.6 is 0 Å². The molecule has 124 valence electrons. The molecule has 0 amide bonds. The van der Waals surface area contributed by atoms with Gasteiger partial charge in [0.25, 0.3) is 0 Å². The van der Waals surface area contributed by atoms with Gasteiger partial charge in [-0.25, -0.2) is 4.98 Å². The van der Waals surface area contributed by atoms with Crippen LogP contribution in [-0.2, 0) is 0 Å². The predicted molar refractivity (Wildman–Crippen MR) is 101 cm³/mol. The quantitative estimate of drug-likeness (QED) is 0.554. The first kappa shape index (κ1) is 15.3. The van der Waals surface area contributed by atoms with Gasteiger partial charge in [-0.2, -0.15) is 0 Å². The van der Waals surface area contributed by atoms with E-state index in [9.17, 15) is 0 Å². The summed E-state index contributed by atoms with van der Waals surface area (Å²) in [7, 11) is 1.68. The van der Waals surface area contributed by atoms with Crippen molar-refractivity contribution in [2.45, 2.75) is 6.04 Å². The normalized spacial score (nSPS) is 12.0. The number of nitrogens with zero attached hydrogens (tertiary/aromatic N) is 1. The van der Waals surface area contributed by atoms with Gasteiger partial charge in [0.05, 0.1) is 13.2 Å². The Kier molecular flexibility index (Phi) is 4.09. The third-order valence-corrected chi connectivity index (χ3v) is 4.34. The zero-order chi connectivity index (χ0) is 17.1. The molecule has 4 nitrogen and oxygen atoms in total. The lowest BCUT2D eigenvalue weighted by atomic mass is 9.98. The molecular formula is C21H19N3O. The number of hydrogen-bond donors (Lipinski definition) is 2. The number of hydrogen-bond acceptors (Lipinski definition) is 3. The molecule has 1 atom stereocenters. The molecule has 25 heavy (non-hydrogen) atoms. The van der Waals surface area contributed by atoms with E-state index < -0.39 is 0 Å². The lowest BCUT2D eigenvalue weighted by Crippen LogP contribution is -2.12. The van der Waals surface area contributed by atoms with Crippen LogP contribution < -0.4 is 10.1 Å². The van der Waals surface area contributed by atoms with Crippen molar-refractivity contribution in [3.05, 3.63) is 90.3 Å². The maximum atomic E-state index is 5.29. The smallest absolute Gasteiger partial charge is 0.126 e. The lowest BCUT2D eigenvalue weighted by molar-refractivity contribution is 0.414. The number of aromatic amines is 1. The molecule has 0 saturated heterocycles. The molecule has 2 aromatic carbocycles. The number of methoxy groups -OCH3 is 1. The SMILES string of the molecule is COc1ccc(C(Nc2ccccn2)c2c[nH]c3ccccc23)cc1. The van der Waals surface area contributed by atoms with Gasteiger partial charge in [0, 0.05) is 28.9 Å². The van der Waals surface area contributed by atoms with Crippen molar-refractivity contribution in [2.24, 2.45) is 0 Å². The summed E-state index contributed by atoms with van der Waals surface area (Å²) >= 11 is 0. The molecule has 2 aromatic heterocycles. The van der Waals surface area contributed by atoms with Gasteiger partial charge in [0.1, 0.15) is 11.6 Å². The molecule has 0 fully saturated rings. The van der Waals surface area contributed by atoms with Crippen molar-refractivity contribution in [1.29, 1.82) is 0 Å². The summed E-state index contributed by atoms with van der Waals surface area (Å²) < 4.78 is 5.29. The molecule has 2 N–H and O–H groups in total. The largest absolute Gasteiger partial charge is 0.497 e. The number of H-pyrrole nitrogens is 1. The van der Waals surface area contributed by atoms with Crippen LogP contribution in [0.25, 0.3) is 10.9 Å². The van der Waals surface area contributed by atoms with E-state index in [2.05, 4.69) is 51.8 Å². The Morgan fingerprint density at radius 2 is 1.76 bits per heavy atom. The molecule has 0 aliphatic heterocycles. The summed E-state index contributed by atoms with van der Waals surface area (Å²) in [5, 5.41) is 4.76. The summed E-state index contributed by atoms with van der Waals surface area (Å²) in [6.07, 6.45) is 3.86. The molecule has 0 spiro atoms. The molecule has 4 rings (SSSR count). The minimum absolute atomic E-state index is 0.0167. The van der Waals surface area contributed by atoms with Crippen LogP contribution in [0.1, 0.15) is 17.2 Å². The van der Waals surface area contributed by atoms with Gasteiger partial charge < -0.3 is 15.0 Å². The molecule has 1 unspecified atom stereocenters. The minimum atomic E-state index is -0.0167. The molecule has 4 aromatic rings. The van der Waals surface area contributed by atoms with Crippen molar-refractivity contribution < 1.29 is 4.74 Å². The molecule has 0 radical (unpaired) electrons. The first-order valence-electron chi connectivity index (χ1n) is 8.22. The third-order valence-electron chi connectivity index (χ3n) is 4.34. The van der Waals surface area contributed by atoms with Gasteiger partial charge in [0.15, 0.2) is 0 Å². The van der Waals surface area contributed by atoms with E-state index in [-0.39, 0.29) is 6.04 Å². The minimum Gasteiger partial charge on any atom is -0.497 e. The van der Waals surface area contributed by atoms with E-state index in [1.807, 2.05) is 36.4 Å². The monoisotopic (exact) mass is 329 g/mol. The number of rotatable bonds is 5. The Labute approximate surface area is 146 Å². The Hall–Kier alpha value is -3.27. The van der Waals surface area contributed by atoms with Gasteiger partial charge in [-0.15, -0.1) is 0 Å². The Morgan fingerprint density at radius 3 is 2.52 bits per heavy atom. The molecule has 2 heterocycles. The zero-order valence-corrected chi connectivity index (χ0v) is 13.9. The number of nitrogens with one attached hydrogen (secondary N) is 2. The van der Waals surface area contributed by atoms with Crippen LogP contribution in [0.3, 0.4) is 0 Å². The van der Waals surface area contributed by atoms with E-state index in [1.165, 1.54) is 10.9 Å². The molecule has 0 aliphatic rings. The summed E-state index contributed by atoms with van der Waals surface area (Å²) in [5.74, 6) is 1.69. The van der Waals surface area contributed by atoms with E-state index in [0.29, 0.717) is 0 Å². The topological polar surface area (TPSA) is 49.9 Å². The number of aromatic nitrogens is 2. The van der Waals surface area contributed by atoms with Gasteiger partial charge in [0.2, 0.25) is 0 Å². The third kappa shape index (κ3) is 3.06. The fourth-order valence-corrected chi connectivity index (χ4v) is 3.07. The number of benzene rings is 2. The van der Waals surface area contributed by atoms with Crippen LogP contribution in [0, 0.1) is 0 Å². The van der Waals surface area contributed by atoms with Crippen LogP contribution in [0.2, 0.25) is 0 Å². The highest BCUT2D eigenvalue weighted by molar-refractivity contribution is 5.84. The molecule has 0 bridgehead atoms. The summed E-state index contributed by atoms with van der Waals surface area (Å²) in [6, 6.07) is 22.3. The van der Waals surface area contributed by atoms with Gasteiger partial charge in [-0.05, 0) is 35.9 Å². The fraction of sp³-hybridized carbons (Fsp3) is 0.0952. The van der Waals surface area contributed by atoms with Crippen LogP contribution in [0.15, 0.2) is 79.1 Å². The number of para-hydroxylation sites is 1. The van der Waals surface area contributed by atoms with Crippen LogP contribution in [0.4, 0.5) is 5.82 Å². The molecule has 0 saturated carbocycles. The van der Waals surface area contributed by atoms with E-state index in [1.54, 1.807) is 13.3 Å². The van der Waals surface area contributed by atoms with E-state index in [4.69, 9.17) is 4.74 Å². The Morgan fingerprint density at radius 1 is 0.960 bits per heavy atom. The predicted octanol–water partition coefficient (Wildman–Crippen LogP) is 4.77. The maximum Gasteiger partial charge on any atom is 0.126 e. The highest BCUT2D eigenvalue weighted by Crippen LogP contribution is 2.32. The first-order valence-corrected chi connectivity index (χ1v) is 8.22. The van der Waals surface area contributed by atoms with Crippen LogP contribution in [0.5, 0.6) is 5.75 Å². The first-order chi connectivity index (χ1) is 12.3. The molecule has 4 heteroatoms. The number of fused-ring (bicyclic) bond motifs is 1. The Balaban J connectivity index is 1.79. The summed E-state index contributed by atoms with van der Waals surface area (Å²) in [5.41, 5.74) is 3.46. The standard InChI is InChI=1S/C21H19N3O/c1-25-16-11-9-15(10-12-16)21(24-20-8-4-5-13-22-20)18-14-23-19-7-3-2-6-17(18)19/h2-14,21,23H,1H3,(H,22,24).